The van der Waals surface area contributed by atoms with E-state index in [4.69, 9.17) is 11.6 Å². The number of alkyl halides is 3. The van der Waals surface area contributed by atoms with Gasteiger partial charge < -0.3 is 9.80 Å². The third kappa shape index (κ3) is 5.54. The molecule has 0 aromatic heterocycles. The molecule has 0 radical (unpaired) electrons. The number of hydrogen-bond donors (Lipinski definition) is 0. The molecule has 5 rings (SSSR count). The molecular weight excluding hydrogens is 511 g/mol. The lowest BCUT2D eigenvalue weighted by Gasteiger charge is -2.37. The van der Waals surface area contributed by atoms with Gasteiger partial charge in [-0.2, -0.15) is 13.2 Å². The predicted octanol–water partition coefficient (Wildman–Crippen LogP) is 6.10. The van der Waals surface area contributed by atoms with Crippen LogP contribution in [-0.2, 0) is 22.9 Å². The number of halogens is 4. The van der Waals surface area contributed by atoms with Crippen molar-refractivity contribution in [3.63, 3.8) is 0 Å². The Kier molecular flexibility index (Phi) is 7.43. The Morgan fingerprint density at radius 3 is 2.32 bits per heavy atom. The molecule has 4 nitrogen and oxygen atoms in total. The zero-order valence-electron chi connectivity index (χ0n) is 21.3. The van der Waals surface area contributed by atoms with E-state index in [2.05, 4.69) is 4.90 Å². The summed E-state index contributed by atoms with van der Waals surface area (Å²) in [6, 6.07) is 23.1. The van der Waals surface area contributed by atoms with E-state index in [-0.39, 0.29) is 11.8 Å². The van der Waals surface area contributed by atoms with Crippen LogP contribution in [0.1, 0.15) is 23.1 Å². The number of anilines is 1. The van der Waals surface area contributed by atoms with E-state index in [1.807, 2.05) is 71.4 Å². The standard InChI is InChI=1S/C30H31ClF3N3O/c1-35(20-22-6-3-2-4-7-22)28(38)29(23-10-12-26(31)13-11-23)19-25(29)21-36-14-16-37(17-15-36)27-9-5-8-24(18-27)30(32,33)34/h2-13,18,25H,14-17,19-21H2,1H3/t25-,29+/m0/s1. The fourth-order valence-electron chi connectivity index (χ4n) is 5.69. The van der Waals surface area contributed by atoms with Crippen molar-refractivity contribution in [1.82, 2.24) is 9.80 Å². The molecule has 1 aliphatic carbocycles. The van der Waals surface area contributed by atoms with Crippen LogP contribution in [0.15, 0.2) is 78.9 Å². The Bertz CT molecular complexity index is 1260. The van der Waals surface area contributed by atoms with E-state index in [9.17, 15) is 18.0 Å². The highest BCUT2D eigenvalue weighted by Gasteiger charge is 2.61. The minimum absolute atomic E-state index is 0.108. The highest BCUT2D eigenvalue weighted by Crippen LogP contribution is 2.56. The summed E-state index contributed by atoms with van der Waals surface area (Å²) < 4.78 is 39.5. The number of benzene rings is 3. The van der Waals surface area contributed by atoms with Crippen molar-refractivity contribution in [2.45, 2.75) is 24.6 Å². The normalized spacial score (nSPS) is 21.8. The van der Waals surface area contributed by atoms with Gasteiger partial charge in [-0.15, -0.1) is 0 Å². The molecule has 200 valence electrons. The third-order valence-electron chi connectivity index (χ3n) is 7.84. The first-order valence-electron chi connectivity index (χ1n) is 12.9. The molecule has 0 spiro atoms. The van der Waals surface area contributed by atoms with Gasteiger partial charge in [0, 0.05) is 57.0 Å². The molecule has 2 aliphatic rings. The molecule has 0 N–H and O–H groups in total. The van der Waals surface area contributed by atoms with Gasteiger partial charge in [-0.25, -0.2) is 0 Å². The van der Waals surface area contributed by atoms with Crippen LogP contribution in [0, 0.1) is 5.92 Å². The summed E-state index contributed by atoms with van der Waals surface area (Å²) in [7, 11) is 1.86. The van der Waals surface area contributed by atoms with Crippen LogP contribution in [0.3, 0.4) is 0 Å². The van der Waals surface area contributed by atoms with Gasteiger partial charge in [0.2, 0.25) is 5.91 Å². The zero-order chi connectivity index (χ0) is 26.9. The van der Waals surface area contributed by atoms with Crippen LogP contribution in [0.5, 0.6) is 0 Å². The van der Waals surface area contributed by atoms with Gasteiger partial charge in [0.05, 0.1) is 11.0 Å². The van der Waals surface area contributed by atoms with E-state index in [0.29, 0.717) is 30.3 Å². The number of piperazine rings is 1. The van der Waals surface area contributed by atoms with Gasteiger partial charge in [-0.3, -0.25) is 9.69 Å². The van der Waals surface area contributed by atoms with Crippen LogP contribution >= 0.6 is 11.6 Å². The fraction of sp³-hybridized carbons (Fsp3) is 0.367. The summed E-state index contributed by atoms with van der Waals surface area (Å²) in [4.78, 5) is 20.0. The number of carbonyl (C=O) groups is 1. The van der Waals surface area contributed by atoms with Crippen molar-refractivity contribution < 1.29 is 18.0 Å². The van der Waals surface area contributed by atoms with Crippen molar-refractivity contribution in [3.05, 3.63) is 101 Å². The maximum atomic E-state index is 13.9. The highest BCUT2D eigenvalue weighted by atomic mass is 35.5. The van der Waals surface area contributed by atoms with E-state index >= 15 is 0 Å². The lowest BCUT2D eigenvalue weighted by Crippen LogP contribution is -2.48. The van der Waals surface area contributed by atoms with E-state index in [0.717, 1.165) is 43.2 Å². The molecule has 1 saturated heterocycles. The predicted molar refractivity (Wildman–Crippen MR) is 144 cm³/mol. The van der Waals surface area contributed by atoms with Gasteiger partial charge >= 0.3 is 6.18 Å². The molecule has 1 heterocycles. The highest BCUT2D eigenvalue weighted by molar-refractivity contribution is 6.30. The minimum Gasteiger partial charge on any atom is -0.369 e. The van der Waals surface area contributed by atoms with Crippen molar-refractivity contribution in [1.29, 1.82) is 0 Å². The first-order chi connectivity index (χ1) is 18.2. The summed E-state index contributed by atoms with van der Waals surface area (Å²) >= 11 is 6.15. The fourth-order valence-corrected chi connectivity index (χ4v) is 5.81. The molecule has 8 heteroatoms. The van der Waals surface area contributed by atoms with Gasteiger partial charge in [-0.05, 0) is 53.8 Å². The maximum absolute atomic E-state index is 13.9. The summed E-state index contributed by atoms with van der Waals surface area (Å²) in [5.74, 6) is 0.269. The van der Waals surface area contributed by atoms with Crippen molar-refractivity contribution >= 4 is 23.2 Å². The molecule has 3 aromatic carbocycles. The summed E-state index contributed by atoms with van der Waals surface area (Å²) in [5.41, 5.74) is 1.45. The maximum Gasteiger partial charge on any atom is 0.416 e. The number of hydrogen-bond acceptors (Lipinski definition) is 3. The second-order valence-electron chi connectivity index (χ2n) is 10.4. The van der Waals surface area contributed by atoms with E-state index < -0.39 is 17.2 Å². The molecule has 3 aromatic rings. The summed E-state index contributed by atoms with van der Waals surface area (Å²) in [6.45, 7) is 4.06. The lowest BCUT2D eigenvalue weighted by atomic mass is 9.91. The van der Waals surface area contributed by atoms with Crippen molar-refractivity contribution in [2.75, 3.05) is 44.7 Å². The molecular formula is C30H31ClF3N3O. The van der Waals surface area contributed by atoms with Gasteiger partial charge in [0.15, 0.2) is 0 Å². The van der Waals surface area contributed by atoms with Crippen LogP contribution < -0.4 is 4.90 Å². The smallest absolute Gasteiger partial charge is 0.369 e. The van der Waals surface area contributed by atoms with Crippen molar-refractivity contribution in [3.8, 4) is 0 Å². The lowest BCUT2D eigenvalue weighted by molar-refractivity contribution is -0.137. The Labute approximate surface area is 226 Å². The van der Waals surface area contributed by atoms with E-state index in [1.165, 1.54) is 12.1 Å². The molecule has 1 amide bonds. The molecule has 38 heavy (non-hydrogen) atoms. The average molecular weight is 542 g/mol. The first kappa shape index (κ1) is 26.6. The topological polar surface area (TPSA) is 26.8 Å². The largest absolute Gasteiger partial charge is 0.416 e. The first-order valence-corrected chi connectivity index (χ1v) is 13.2. The minimum atomic E-state index is -4.35. The summed E-state index contributed by atoms with van der Waals surface area (Å²) in [6.07, 6.45) is -3.59. The number of likely N-dealkylation sites (N-methyl/N-ethyl adjacent to an activating group) is 1. The number of rotatable bonds is 7. The van der Waals surface area contributed by atoms with Crippen LogP contribution in [0.4, 0.5) is 18.9 Å². The van der Waals surface area contributed by atoms with Gasteiger partial charge in [0.1, 0.15) is 0 Å². The van der Waals surface area contributed by atoms with Crippen molar-refractivity contribution in [2.24, 2.45) is 5.92 Å². The summed E-state index contributed by atoms with van der Waals surface area (Å²) in [5, 5.41) is 0.636. The van der Waals surface area contributed by atoms with E-state index in [1.54, 1.807) is 6.07 Å². The molecule has 0 unspecified atom stereocenters. The van der Waals surface area contributed by atoms with Gasteiger partial charge in [0.25, 0.3) is 0 Å². The SMILES string of the molecule is CN(Cc1ccccc1)C(=O)[C@@]1(c2ccc(Cl)cc2)C[C@H]1CN1CCN(c2cccc(C(F)(F)F)c2)CC1. The second-order valence-corrected chi connectivity index (χ2v) is 10.8. The Hall–Kier alpha value is -3.03. The Morgan fingerprint density at radius 2 is 1.66 bits per heavy atom. The molecule has 1 aliphatic heterocycles. The zero-order valence-corrected chi connectivity index (χ0v) is 22.1. The quantitative estimate of drug-likeness (QED) is 0.362. The molecule has 1 saturated carbocycles. The Morgan fingerprint density at radius 1 is 0.974 bits per heavy atom. The third-order valence-corrected chi connectivity index (χ3v) is 8.10. The van der Waals surface area contributed by atoms with Gasteiger partial charge in [-0.1, -0.05) is 60.1 Å². The van der Waals surface area contributed by atoms with Crippen LogP contribution in [0.2, 0.25) is 5.02 Å². The van der Waals surface area contributed by atoms with Crippen LogP contribution in [0.25, 0.3) is 0 Å². The average Bonchev–Trinajstić information content (AvgIpc) is 3.63. The number of carbonyl (C=O) groups excluding carboxylic acids is 1. The monoisotopic (exact) mass is 541 g/mol. The molecule has 2 atom stereocenters. The molecule has 0 bridgehead atoms. The molecule has 2 fully saturated rings. The number of nitrogens with zero attached hydrogens (tertiary/aromatic N) is 3. The van der Waals surface area contributed by atoms with Crippen LogP contribution in [-0.4, -0.2) is 55.5 Å². The Balaban J connectivity index is 1.26. The number of amides is 1. The second kappa shape index (κ2) is 10.6.